The molecule has 1 atom stereocenters. The van der Waals surface area contributed by atoms with Crippen LogP contribution < -0.4 is 0 Å². The number of carbonyl (C=O) groups is 2. The van der Waals surface area contributed by atoms with Gasteiger partial charge in [0.25, 0.3) is 5.91 Å². The molecule has 1 rings (SSSR count). The number of hydrogen-bond acceptors (Lipinski definition) is 4. The lowest BCUT2D eigenvalue weighted by Gasteiger charge is -2.27. The third-order valence-electron chi connectivity index (χ3n) is 2.56. The van der Waals surface area contributed by atoms with Crippen LogP contribution in [0, 0.1) is 0 Å². The average Bonchev–Trinajstić information content (AvgIpc) is 2.73. The van der Waals surface area contributed by atoms with Crippen molar-refractivity contribution in [3.05, 3.63) is 21.9 Å². The van der Waals surface area contributed by atoms with Gasteiger partial charge in [0.05, 0.1) is 11.0 Å². The van der Waals surface area contributed by atoms with Gasteiger partial charge in [0.1, 0.15) is 0 Å². The molecule has 0 aliphatic rings. The molecule has 0 saturated heterocycles. The number of nitrogens with zero attached hydrogens (tertiary/aromatic N) is 1. The predicted molar refractivity (Wildman–Crippen MR) is 72.2 cm³/mol. The third kappa shape index (κ3) is 3.65. The van der Waals surface area contributed by atoms with Gasteiger partial charge in [-0.2, -0.15) is 0 Å². The predicted octanol–water partition coefficient (Wildman–Crippen LogP) is 2.18. The Balaban J connectivity index is 2.91. The first kappa shape index (κ1) is 14.9. The highest BCUT2D eigenvalue weighted by molar-refractivity contribution is 7.12. The largest absolute Gasteiger partial charge is 0.392 e. The van der Waals surface area contributed by atoms with Crippen molar-refractivity contribution in [2.75, 3.05) is 6.54 Å². The summed E-state index contributed by atoms with van der Waals surface area (Å²) in [4.78, 5) is 25.6. The van der Waals surface area contributed by atoms with Gasteiger partial charge >= 0.3 is 0 Å². The molecular weight excluding hydrogens is 250 g/mol. The summed E-state index contributed by atoms with van der Waals surface area (Å²) in [7, 11) is 0. The van der Waals surface area contributed by atoms with Gasteiger partial charge in [0.2, 0.25) is 0 Å². The molecular formula is C13H19NO3S. The van der Waals surface area contributed by atoms with Crippen LogP contribution >= 0.6 is 11.3 Å². The summed E-state index contributed by atoms with van der Waals surface area (Å²) in [5.74, 6) is -0.180. The van der Waals surface area contributed by atoms with E-state index < -0.39 is 6.10 Å². The standard InChI is InChI=1S/C13H19NO3S/c1-8(2)14(6-9(3)15)13(17)12-5-11(7-18-12)10(4)16/h5,7-9,15H,6H2,1-4H3. The van der Waals surface area contributed by atoms with E-state index in [1.54, 1.807) is 23.3 Å². The lowest BCUT2D eigenvalue weighted by molar-refractivity contribution is 0.0583. The fourth-order valence-electron chi connectivity index (χ4n) is 1.59. The summed E-state index contributed by atoms with van der Waals surface area (Å²) >= 11 is 1.27. The van der Waals surface area contributed by atoms with Crippen LogP contribution in [0.2, 0.25) is 0 Å². The van der Waals surface area contributed by atoms with Crippen LogP contribution in [-0.2, 0) is 0 Å². The molecule has 5 heteroatoms. The maximum absolute atomic E-state index is 12.3. The van der Waals surface area contributed by atoms with Crippen LogP contribution in [0.25, 0.3) is 0 Å². The van der Waals surface area contributed by atoms with Gasteiger partial charge in [-0.15, -0.1) is 11.3 Å². The normalized spacial score (nSPS) is 12.6. The number of Topliss-reactive ketones (excluding diaryl/α,β-unsaturated/α-hetero) is 1. The molecule has 0 bridgehead atoms. The summed E-state index contributed by atoms with van der Waals surface area (Å²) in [6.45, 7) is 7.23. The van der Waals surface area contributed by atoms with Crippen molar-refractivity contribution in [1.82, 2.24) is 4.90 Å². The molecule has 1 aromatic heterocycles. The molecule has 100 valence electrons. The van der Waals surface area contributed by atoms with E-state index in [0.717, 1.165) is 0 Å². The monoisotopic (exact) mass is 269 g/mol. The zero-order valence-electron chi connectivity index (χ0n) is 11.1. The van der Waals surface area contributed by atoms with Crippen molar-refractivity contribution < 1.29 is 14.7 Å². The Labute approximate surface area is 111 Å². The van der Waals surface area contributed by atoms with E-state index in [-0.39, 0.29) is 17.7 Å². The summed E-state index contributed by atoms with van der Waals surface area (Å²) in [5.41, 5.74) is 0.559. The van der Waals surface area contributed by atoms with E-state index in [2.05, 4.69) is 0 Å². The van der Waals surface area contributed by atoms with E-state index in [1.165, 1.54) is 18.3 Å². The van der Waals surface area contributed by atoms with Crippen LogP contribution in [0.5, 0.6) is 0 Å². The fraction of sp³-hybridized carbons (Fsp3) is 0.538. The highest BCUT2D eigenvalue weighted by Gasteiger charge is 2.22. The van der Waals surface area contributed by atoms with Crippen LogP contribution in [0.3, 0.4) is 0 Å². The van der Waals surface area contributed by atoms with Gasteiger partial charge in [0.15, 0.2) is 5.78 Å². The Kier molecular flexibility index (Phi) is 5.04. The van der Waals surface area contributed by atoms with E-state index in [0.29, 0.717) is 17.0 Å². The molecule has 0 aliphatic heterocycles. The van der Waals surface area contributed by atoms with Crippen molar-refractivity contribution in [3.63, 3.8) is 0 Å². The van der Waals surface area contributed by atoms with Crippen LogP contribution in [0.1, 0.15) is 47.7 Å². The van der Waals surface area contributed by atoms with Crippen molar-refractivity contribution >= 4 is 23.0 Å². The second kappa shape index (κ2) is 6.11. The van der Waals surface area contributed by atoms with E-state index >= 15 is 0 Å². The smallest absolute Gasteiger partial charge is 0.264 e. The molecule has 4 nitrogen and oxygen atoms in total. The van der Waals surface area contributed by atoms with Crippen LogP contribution in [0.15, 0.2) is 11.4 Å². The second-order valence-electron chi connectivity index (χ2n) is 4.66. The molecule has 1 unspecified atom stereocenters. The Hall–Kier alpha value is -1.20. The van der Waals surface area contributed by atoms with Gasteiger partial charge < -0.3 is 10.0 Å². The zero-order chi connectivity index (χ0) is 13.9. The van der Waals surface area contributed by atoms with Gasteiger partial charge in [-0.05, 0) is 33.8 Å². The summed E-state index contributed by atoms with van der Waals surface area (Å²) < 4.78 is 0. The van der Waals surface area contributed by atoms with Crippen LogP contribution in [-0.4, -0.2) is 40.4 Å². The van der Waals surface area contributed by atoms with Crippen molar-refractivity contribution in [2.45, 2.75) is 39.8 Å². The first-order valence-electron chi connectivity index (χ1n) is 5.91. The number of aliphatic hydroxyl groups excluding tert-OH is 1. The Morgan fingerprint density at radius 2 is 2.00 bits per heavy atom. The molecule has 0 aromatic carbocycles. The molecule has 18 heavy (non-hydrogen) atoms. The highest BCUT2D eigenvalue weighted by atomic mass is 32.1. The molecule has 0 fully saturated rings. The van der Waals surface area contributed by atoms with E-state index in [1.807, 2.05) is 13.8 Å². The lowest BCUT2D eigenvalue weighted by Crippen LogP contribution is -2.41. The van der Waals surface area contributed by atoms with Gasteiger partial charge in [-0.25, -0.2) is 0 Å². The van der Waals surface area contributed by atoms with E-state index in [9.17, 15) is 14.7 Å². The minimum absolute atomic E-state index is 0.00924. The molecule has 0 aliphatic carbocycles. The molecule has 0 radical (unpaired) electrons. The first-order valence-corrected chi connectivity index (χ1v) is 6.79. The minimum atomic E-state index is -0.566. The molecule has 0 saturated carbocycles. The molecule has 1 aromatic rings. The number of aliphatic hydroxyl groups is 1. The third-order valence-corrected chi connectivity index (χ3v) is 3.48. The number of carbonyl (C=O) groups excluding carboxylic acids is 2. The number of ketones is 1. The molecule has 0 spiro atoms. The number of rotatable bonds is 5. The molecule has 1 heterocycles. The number of hydrogen-bond donors (Lipinski definition) is 1. The summed E-state index contributed by atoms with van der Waals surface area (Å²) in [5, 5.41) is 11.1. The maximum atomic E-state index is 12.3. The molecule has 1 N–H and O–H groups in total. The average molecular weight is 269 g/mol. The number of amides is 1. The Morgan fingerprint density at radius 1 is 1.39 bits per heavy atom. The lowest BCUT2D eigenvalue weighted by atomic mass is 10.2. The minimum Gasteiger partial charge on any atom is -0.392 e. The SMILES string of the molecule is CC(=O)c1csc(C(=O)N(CC(C)O)C(C)C)c1. The van der Waals surface area contributed by atoms with Gasteiger partial charge in [0, 0.05) is 23.5 Å². The van der Waals surface area contributed by atoms with Crippen molar-refractivity contribution in [2.24, 2.45) is 0 Å². The Morgan fingerprint density at radius 3 is 2.39 bits per heavy atom. The zero-order valence-corrected chi connectivity index (χ0v) is 12.0. The van der Waals surface area contributed by atoms with E-state index in [4.69, 9.17) is 0 Å². The summed E-state index contributed by atoms with van der Waals surface area (Å²) in [6.07, 6.45) is -0.566. The Bertz CT molecular complexity index is 437. The van der Waals surface area contributed by atoms with Gasteiger partial charge in [-0.3, -0.25) is 9.59 Å². The fourth-order valence-corrected chi connectivity index (χ4v) is 2.49. The van der Waals surface area contributed by atoms with Gasteiger partial charge in [-0.1, -0.05) is 0 Å². The summed E-state index contributed by atoms with van der Waals surface area (Å²) in [6, 6.07) is 1.63. The quantitative estimate of drug-likeness (QED) is 0.834. The second-order valence-corrected chi connectivity index (χ2v) is 5.57. The number of thiophene rings is 1. The van der Waals surface area contributed by atoms with Crippen LogP contribution in [0.4, 0.5) is 0 Å². The van der Waals surface area contributed by atoms with Crippen molar-refractivity contribution in [3.8, 4) is 0 Å². The maximum Gasteiger partial charge on any atom is 0.264 e. The first-order chi connectivity index (χ1) is 8.32. The highest BCUT2D eigenvalue weighted by Crippen LogP contribution is 2.18. The topological polar surface area (TPSA) is 57.6 Å². The van der Waals surface area contributed by atoms with Crippen molar-refractivity contribution in [1.29, 1.82) is 0 Å². The molecule has 1 amide bonds.